The van der Waals surface area contributed by atoms with E-state index in [-0.39, 0.29) is 27.4 Å². The fraction of sp³-hybridized carbons (Fsp3) is 0.250. The molecule has 9 nitrogen and oxygen atoms in total. The molecule has 1 atom stereocenters. The minimum Gasteiger partial charge on any atom is -0.493 e. The second-order valence-corrected chi connectivity index (χ2v) is 11.0. The molecule has 10 heteroatoms. The molecule has 2 aromatic carbocycles. The Bertz CT molecular complexity index is 1600. The van der Waals surface area contributed by atoms with E-state index in [9.17, 15) is 13.2 Å². The van der Waals surface area contributed by atoms with Crippen LogP contribution in [0.15, 0.2) is 83.0 Å². The summed E-state index contributed by atoms with van der Waals surface area (Å²) in [5, 5.41) is 3.57. The number of carbonyl (C=O) groups is 1. The van der Waals surface area contributed by atoms with Gasteiger partial charge in [-0.05, 0) is 24.3 Å². The third-order valence-corrected chi connectivity index (χ3v) is 8.57. The predicted molar refractivity (Wildman–Crippen MR) is 141 cm³/mol. The van der Waals surface area contributed by atoms with Crippen LogP contribution in [0.3, 0.4) is 0 Å². The van der Waals surface area contributed by atoms with Gasteiger partial charge in [0.25, 0.3) is 5.91 Å². The summed E-state index contributed by atoms with van der Waals surface area (Å²) in [6.45, 7) is 2.61. The maximum absolute atomic E-state index is 13.7. The lowest BCUT2D eigenvalue weighted by molar-refractivity contribution is 0.0923. The van der Waals surface area contributed by atoms with Crippen molar-refractivity contribution in [1.29, 1.82) is 0 Å². The van der Waals surface area contributed by atoms with Gasteiger partial charge in [-0.1, -0.05) is 36.4 Å². The zero-order valence-corrected chi connectivity index (χ0v) is 21.4. The summed E-state index contributed by atoms with van der Waals surface area (Å²) < 4.78 is 38.3. The number of hydrogen-bond acceptors (Lipinski definition) is 8. The number of carbonyl (C=O) groups excluding carboxylic acids is 1. The van der Waals surface area contributed by atoms with Crippen molar-refractivity contribution in [3.8, 4) is 5.75 Å². The van der Waals surface area contributed by atoms with Crippen molar-refractivity contribution in [3.63, 3.8) is 0 Å². The number of benzene rings is 2. The van der Waals surface area contributed by atoms with Crippen LogP contribution in [0.25, 0.3) is 10.9 Å². The molecule has 2 aliphatic rings. The van der Waals surface area contributed by atoms with Gasteiger partial charge in [-0.15, -0.1) is 0 Å². The number of ether oxygens (including phenoxy) is 2. The molecule has 0 unspecified atom stereocenters. The number of aromatic nitrogens is 2. The summed E-state index contributed by atoms with van der Waals surface area (Å²) >= 11 is 0. The highest BCUT2D eigenvalue weighted by Crippen LogP contribution is 2.36. The highest BCUT2D eigenvalue weighted by molar-refractivity contribution is 7.91. The number of sulfone groups is 1. The molecule has 2 aromatic heterocycles. The van der Waals surface area contributed by atoms with Crippen LogP contribution in [-0.4, -0.2) is 57.2 Å². The zero-order valence-electron chi connectivity index (χ0n) is 20.5. The predicted octanol–water partition coefficient (Wildman–Crippen LogP) is 3.55. The average molecular weight is 531 g/mol. The Morgan fingerprint density at radius 3 is 2.53 bits per heavy atom. The molecular weight excluding hydrogens is 504 g/mol. The Hall–Kier alpha value is -4.02. The number of anilines is 1. The smallest absolute Gasteiger partial charge is 0.255 e. The van der Waals surface area contributed by atoms with Crippen LogP contribution in [-0.2, 0) is 14.6 Å². The Labute approximate surface area is 220 Å². The number of morpholine rings is 1. The molecule has 0 radical (unpaired) electrons. The monoisotopic (exact) mass is 530 g/mol. The highest BCUT2D eigenvalue weighted by Gasteiger charge is 2.30. The van der Waals surface area contributed by atoms with E-state index >= 15 is 0 Å². The molecule has 1 saturated heterocycles. The van der Waals surface area contributed by atoms with Crippen molar-refractivity contribution in [1.82, 2.24) is 15.3 Å². The second-order valence-electron chi connectivity index (χ2n) is 9.15. The normalized spacial score (nSPS) is 17.5. The molecule has 6 rings (SSSR count). The first-order chi connectivity index (χ1) is 18.5. The van der Waals surface area contributed by atoms with Gasteiger partial charge in [-0.25, -0.2) is 13.4 Å². The van der Waals surface area contributed by atoms with Gasteiger partial charge >= 0.3 is 0 Å². The van der Waals surface area contributed by atoms with Gasteiger partial charge in [-0.3, -0.25) is 9.78 Å². The molecule has 4 heterocycles. The fourth-order valence-electron chi connectivity index (χ4n) is 5.02. The van der Waals surface area contributed by atoms with Gasteiger partial charge in [0.1, 0.15) is 11.3 Å². The van der Waals surface area contributed by atoms with Gasteiger partial charge in [0.15, 0.2) is 5.03 Å². The second kappa shape index (κ2) is 10.0. The summed E-state index contributed by atoms with van der Waals surface area (Å²) in [7, 11) is -3.93. The molecular formula is C28H26N4O5S. The van der Waals surface area contributed by atoms with Crippen molar-refractivity contribution < 1.29 is 22.7 Å². The first kappa shape index (κ1) is 24.3. The number of hydrogen-bond donors (Lipinski definition) is 1. The van der Waals surface area contributed by atoms with Crippen molar-refractivity contribution in [2.75, 3.05) is 37.8 Å². The Morgan fingerprint density at radius 2 is 1.71 bits per heavy atom. The van der Waals surface area contributed by atoms with Crippen molar-refractivity contribution in [2.45, 2.75) is 22.4 Å². The quantitative estimate of drug-likeness (QED) is 0.417. The Balaban J connectivity index is 1.46. The molecule has 1 amide bonds. The van der Waals surface area contributed by atoms with Gasteiger partial charge in [0.05, 0.1) is 42.0 Å². The summed E-state index contributed by atoms with van der Waals surface area (Å²) in [5.41, 5.74) is 2.15. The molecule has 0 bridgehead atoms. The van der Waals surface area contributed by atoms with Gasteiger partial charge in [-0.2, -0.15) is 0 Å². The van der Waals surface area contributed by atoms with Gasteiger partial charge in [0, 0.05) is 42.9 Å². The molecule has 38 heavy (non-hydrogen) atoms. The number of amides is 1. The molecule has 0 saturated carbocycles. The van der Waals surface area contributed by atoms with Crippen LogP contribution in [0.4, 0.5) is 5.69 Å². The SMILES string of the molecule is O=C(N[C@H]1CCOc2ccccc21)c1cnc2c(S(=O)(=O)c3ccccc3)nccc2c1N1CCOCC1. The van der Waals surface area contributed by atoms with E-state index in [1.165, 1.54) is 24.5 Å². The number of rotatable bonds is 5. The Morgan fingerprint density at radius 1 is 0.947 bits per heavy atom. The number of nitrogens with one attached hydrogen (secondary N) is 1. The van der Waals surface area contributed by atoms with Crippen molar-refractivity contribution in [3.05, 3.63) is 84.2 Å². The van der Waals surface area contributed by atoms with Crippen molar-refractivity contribution >= 4 is 32.3 Å². The van der Waals surface area contributed by atoms with E-state index < -0.39 is 9.84 Å². The number of nitrogens with zero attached hydrogens (tertiary/aromatic N) is 3. The summed E-state index contributed by atoms with van der Waals surface area (Å²) in [4.78, 5) is 24.7. The molecule has 4 aromatic rings. The van der Waals surface area contributed by atoms with Gasteiger partial charge < -0.3 is 19.7 Å². The Kier molecular flexibility index (Phi) is 6.42. The summed E-state index contributed by atoms with van der Waals surface area (Å²) in [5.74, 6) is 0.475. The lowest BCUT2D eigenvalue weighted by Gasteiger charge is -2.32. The van der Waals surface area contributed by atoms with Gasteiger partial charge in [0.2, 0.25) is 9.84 Å². The van der Waals surface area contributed by atoms with E-state index in [4.69, 9.17) is 9.47 Å². The van der Waals surface area contributed by atoms with E-state index in [2.05, 4.69) is 20.2 Å². The van der Waals surface area contributed by atoms with Crippen LogP contribution in [0, 0.1) is 0 Å². The first-order valence-corrected chi connectivity index (χ1v) is 14.0. The third-order valence-electron chi connectivity index (χ3n) is 6.87. The number of pyridine rings is 2. The molecule has 0 aliphatic carbocycles. The minimum atomic E-state index is -3.93. The van der Waals surface area contributed by atoms with Crippen LogP contribution in [0.1, 0.15) is 28.4 Å². The fourth-order valence-corrected chi connectivity index (χ4v) is 6.37. The molecule has 1 N–H and O–H groups in total. The van der Waals surface area contributed by atoms with Crippen LogP contribution >= 0.6 is 0 Å². The topological polar surface area (TPSA) is 111 Å². The maximum Gasteiger partial charge on any atom is 0.255 e. The lowest BCUT2D eigenvalue weighted by Crippen LogP contribution is -2.39. The first-order valence-electron chi connectivity index (χ1n) is 12.5. The zero-order chi connectivity index (χ0) is 26.1. The summed E-state index contributed by atoms with van der Waals surface area (Å²) in [6, 6.07) is 17.3. The van der Waals surface area contributed by atoms with Crippen molar-refractivity contribution in [2.24, 2.45) is 0 Å². The van der Waals surface area contributed by atoms with Crippen LogP contribution in [0.5, 0.6) is 5.75 Å². The average Bonchev–Trinajstić information content (AvgIpc) is 2.97. The third kappa shape index (κ3) is 4.35. The standard InChI is InChI=1S/C28H26N4O5S/c33-27(31-23-11-15-37-24-9-5-4-8-20(23)24)22-18-30-25-21(26(22)32-13-16-36-17-14-32)10-12-29-28(25)38(34,35)19-6-2-1-3-7-19/h1-10,12,18,23H,11,13-17H2,(H,31,33)/t23-/m0/s1. The maximum atomic E-state index is 13.7. The minimum absolute atomic E-state index is 0.134. The van der Waals surface area contributed by atoms with E-state index in [1.807, 2.05) is 24.3 Å². The number of para-hydroxylation sites is 1. The molecule has 0 spiro atoms. The van der Waals surface area contributed by atoms with E-state index in [0.717, 1.165) is 11.3 Å². The van der Waals surface area contributed by atoms with E-state index in [1.54, 1.807) is 24.3 Å². The van der Waals surface area contributed by atoms with E-state index in [0.29, 0.717) is 56.0 Å². The van der Waals surface area contributed by atoms with Crippen LogP contribution < -0.4 is 15.0 Å². The molecule has 1 fully saturated rings. The lowest BCUT2D eigenvalue weighted by atomic mass is 10.00. The largest absolute Gasteiger partial charge is 0.493 e. The molecule has 2 aliphatic heterocycles. The number of fused-ring (bicyclic) bond motifs is 2. The molecule has 194 valence electrons. The van der Waals surface area contributed by atoms with Crippen LogP contribution in [0.2, 0.25) is 0 Å². The summed E-state index contributed by atoms with van der Waals surface area (Å²) in [6.07, 6.45) is 3.56. The highest BCUT2D eigenvalue weighted by atomic mass is 32.2.